The Labute approximate surface area is 304 Å². The van der Waals surface area contributed by atoms with Crippen LogP contribution < -0.4 is 60.8 Å². The van der Waals surface area contributed by atoms with E-state index in [4.69, 9.17) is 43.7 Å². The molecule has 14 nitrogen and oxygen atoms in total. The van der Waals surface area contributed by atoms with Gasteiger partial charge in [0.25, 0.3) is 16.4 Å². The Morgan fingerprint density at radius 1 is 1.06 bits per heavy atom. The first-order valence-corrected chi connectivity index (χ1v) is 15.2. The standard InChI is InChI=1S/C13H11N3O2S.C8H8O2.C5H7NO2.C2H6N2S.C2H4O2.Na/c1-14-11-10(15-13(19-3)16-12(11)17)8-4-6-9(18-2)7-5-8;1-10-8-4-2-7(6-9)3-5-8;1-3-8-5(7)4-6-2;1-5-2(3)4;1-2(3)4;/h4-7H,2-3H3,(H,15,16,17);2-6H,1H3;3-4H2,1H3;1H3,(H3,3,4);1H3,(H,3,4);/q;;;;;+1. The predicted octanol–water partition coefficient (Wildman–Crippen LogP) is -1.12. The molecule has 3 rings (SSSR count). The number of nitrogens with one attached hydrogen (secondary N) is 1. The van der Waals surface area contributed by atoms with Gasteiger partial charge in [-0.1, -0.05) is 23.9 Å². The van der Waals surface area contributed by atoms with E-state index in [1.54, 1.807) is 69.7 Å². The molecule has 2 aromatic carbocycles. The molecule has 0 bridgehead atoms. The summed E-state index contributed by atoms with van der Waals surface area (Å²) in [6.45, 7) is 16.2. The Bertz CT molecular complexity index is 1520. The zero-order valence-corrected chi connectivity index (χ0v) is 30.8. The van der Waals surface area contributed by atoms with Crippen LogP contribution in [0.5, 0.6) is 11.5 Å². The van der Waals surface area contributed by atoms with Gasteiger partial charge in [-0.2, -0.15) is 0 Å². The molecule has 47 heavy (non-hydrogen) atoms. The molecule has 246 valence electrons. The van der Waals surface area contributed by atoms with E-state index in [1.807, 2.05) is 12.5 Å². The maximum absolute atomic E-state index is 11.8. The third-order valence-electron chi connectivity index (χ3n) is 4.54. The van der Waals surface area contributed by atoms with E-state index >= 15 is 0 Å². The molecule has 0 radical (unpaired) electrons. The number of nitrogens with zero attached hydrogens (tertiary/aromatic N) is 3. The van der Waals surface area contributed by atoms with E-state index in [0.717, 1.165) is 19.0 Å². The Kier molecular flexibility index (Phi) is 29.2. The van der Waals surface area contributed by atoms with Crippen LogP contribution in [0.4, 0.5) is 5.69 Å². The number of hydrogen-bond donors (Lipinski definition) is 3. The van der Waals surface area contributed by atoms with Gasteiger partial charge in [-0.25, -0.2) is 21.2 Å². The topological polar surface area (TPSA) is 208 Å². The smallest absolute Gasteiger partial charge is 0.550 e. The summed E-state index contributed by atoms with van der Waals surface area (Å²) in [5.41, 5.74) is 6.31. The van der Waals surface area contributed by atoms with E-state index in [2.05, 4.69) is 24.4 Å². The first kappa shape index (κ1) is 47.1. The first-order chi connectivity index (χ1) is 21.9. The Hall–Kier alpha value is -4.32. The van der Waals surface area contributed by atoms with Gasteiger partial charge in [-0.3, -0.25) is 20.7 Å². The minimum atomic E-state index is -1.08. The number of aldehydes is 1. The fraction of sp³-hybridized carbons (Fsp3) is 0.267. The number of amidine groups is 1. The van der Waals surface area contributed by atoms with Crippen LogP contribution >= 0.6 is 23.5 Å². The summed E-state index contributed by atoms with van der Waals surface area (Å²) in [5.74, 6) is -0.0452. The summed E-state index contributed by atoms with van der Waals surface area (Å²) >= 11 is 2.68. The van der Waals surface area contributed by atoms with Crippen molar-refractivity contribution in [1.29, 1.82) is 0 Å². The van der Waals surface area contributed by atoms with Gasteiger partial charge in [0.15, 0.2) is 5.16 Å². The van der Waals surface area contributed by atoms with E-state index < -0.39 is 17.5 Å². The van der Waals surface area contributed by atoms with Crippen molar-refractivity contribution in [1.82, 2.24) is 9.97 Å². The second-order valence-corrected chi connectivity index (χ2v) is 9.40. The molecule has 0 aliphatic carbocycles. The molecule has 1 aromatic heterocycles. The van der Waals surface area contributed by atoms with Crippen molar-refractivity contribution in [2.75, 3.05) is 39.9 Å². The maximum atomic E-state index is 11.8. The van der Waals surface area contributed by atoms with E-state index in [0.29, 0.717) is 39.5 Å². The third kappa shape index (κ3) is 22.8. The maximum Gasteiger partial charge on any atom is 1.00 e. The minimum absolute atomic E-state index is 0. The number of benzene rings is 2. The summed E-state index contributed by atoms with van der Waals surface area (Å²) in [5, 5.41) is 14.7. The van der Waals surface area contributed by atoms with Gasteiger partial charge < -0.3 is 33.9 Å². The van der Waals surface area contributed by atoms with Crippen LogP contribution in [0.1, 0.15) is 24.2 Å². The van der Waals surface area contributed by atoms with Crippen molar-refractivity contribution >= 4 is 52.6 Å². The van der Waals surface area contributed by atoms with Gasteiger partial charge >= 0.3 is 42.1 Å². The molecule has 0 amide bonds. The van der Waals surface area contributed by atoms with Crippen molar-refractivity contribution in [3.8, 4) is 22.8 Å². The van der Waals surface area contributed by atoms with Gasteiger partial charge in [0.2, 0.25) is 0 Å². The number of esters is 1. The number of H-pyrrole nitrogens is 1. The summed E-state index contributed by atoms with van der Waals surface area (Å²) in [6, 6.07) is 14.0. The summed E-state index contributed by atoms with van der Waals surface area (Å²) < 4.78 is 14.4. The number of aromatic nitrogens is 2. The molecule has 0 saturated heterocycles. The van der Waals surface area contributed by atoms with Crippen LogP contribution in [-0.4, -0.2) is 73.2 Å². The number of methoxy groups -OCH3 is 2. The summed E-state index contributed by atoms with van der Waals surface area (Å²) in [7, 11) is 3.17. The number of thioether (sulfide) groups is 2. The second kappa shape index (κ2) is 29.1. The molecule has 0 fully saturated rings. The number of ether oxygens (including phenoxy) is 3. The molecule has 3 aromatic rings. The predicted molar refractivity (Wildman–Crippen MR) is 177 cm³/mol. The van der Waals surface area contributed by atoms with Gasteiger partial charge in [-0.15, -0.1) is 0 Å². The molecule has 0 atom stereocenters. The number of carbonyl (C=O) groups is 3. The van der Waals surface area contributed by atoms with Crippen molar-refractivity contribution in [2.45, 2.75) is 19.0 Å². The van der Waals surface area contributed by atoms with Crippen molar-refractivity contribution < 1.29 is 68.7 Å². The van der Waals surface area contributed by atoms with Gasteiger partial charge in [0.1, 0.15) is 17.8 Å². The fourth-order valence-corrected chi connectivity index (χ4v) is 2.93. The van der Waals surface area contributed by atoms with Crippen LogP contribution in [0.25, 0.3) is 20.9 Å². The van der Waals surface area contributed by atoms with Gasteiger partial charge in [-0.05, 0) is 80.1 Å². The SMILES string of the molecule is CC(=O)[O-].COc1ccc(C=O)cc1.CSC(N)=[NH2+].[C-]#[N+]CC(=O)OCC.[C-]#[N+]c1c(-c2ccc(OC)cc2)nc(SC)[nH]c1=O.[Na+]. The Morgan fingerprint density at radius 3 is 1.87 bits per heavy atom. The van der Waals surface area contributed by atoms with Crippen LogP contribution in [0.3, 0.4) is 0 Å². The third-order valence-corrected chi connectivity index (χ3v) is 5.59. The van der Waals surface area contributed by atoms with Crippen LogP contribution in [0.2, 0.25) is 0 Å². The van der Waals surface area contributed by atoms with Crippen LogP contribution in [0.15, 0.2) is 58.5 Å². The number of hydrogen-bond acceptors (Lipinski definition) is 11. The van der Waals surface area contributed by atoms with Crippen molar-refractivity contribution in [2.24, 2.45) is 5.73 Å². The van der Waals surface area contributed by atoms with Crippen LogP contribution in [-0.2, 0) is 14.3 Å². The molecule has 0 aliphatic heterocycles. The molecule has 5 N–H and O–H groups in total. The molecule has 1 heterocycles. The number of rotatable bonds is 7. The summed E-state index contributed by atoms with van der Waals surface area (Å²) in [4.78, 5) is 54.0. The summed E-state index contributed by atoms with van der Waals surface area (Å²) in [6.07, 6.45) is 4.45. The zero-order valence-electron chi connectivity index (χ0n) is 27.2. The number of carboxylic acid groups (broad SMARTS) is 1. The molecule has 17 heteroatoms. The molecule has 0 aliphatic rings. The molecular weight excluding hydrogens is 659 g/mol. The number of carboxylic acids is 1. The Balaban J connectivity index is -0.000000585. The quantitative estimate of drug-likeness (QED) is 0.0393. The van der Waals surface area contributed by atoms with Crippen molar-refractivity contribution in [3.63, 3.8) is 0 Å². The first-order valence-electron chi connectivity index (χ1n) is 12.7. The van der Waals surface area contributed by atoms with E-state index in [9.17, 15) is 14.4 Å². The second-order valence-electron chi connectivity index (χ2n) is 7.72. The minimum Gasteiger partial charge on any atom is -0.550 e. The van der Waals surface area contributed by atoms with E-state index in [1.165, 1.54) is 23.5 Å². The van der Waals surface area contributed by atoms with Gasteiger partial charge in [0.05, 0.1) is 33.1 Å². The molecular formula is C30H36N6NaO8S2+. The average molecular weight is 696 g/mol. The monoisotopic (exact) mass is 695 g/mol. The van der Waals surface area contributed by atoms with Crippen molar-refractivity contribution in [3.05, 3.63) is 87.3 Å². The number of aromatic amines is 1. The largest absolute Gasteiger partial charge is 1.00 e. The normalized spacial score (nSPS) is 8.51. The molecule has 0 spiro atoms. The van der Waals surface area contributed by atoms with E-state index in [-0.39, 0.29) is 41.8 Å². The number of carbonyl (C=O) groups excluding carboxylic acids is 3. The Morgan fingerprint density at radius 2 is 1.53 bits per heavy atom. The molecule has 0 unspecified atom stereocenters. The molecule has 0 saturated carbocycles. The fourth-order valence-electron chi connectivity index (χ4n) is 2.55. The zero-order chi connectivity index (χ0) is 35.5. The number of aliphatic carboxylic acids is 1. The van der Waals surface area contributed by atoms with Gasteiger partial charge in [0, 0.05) is 11.5 Å². The average Bonchev–Trinajstić information content (AvgIpc) is 3.05. The van der Waals surface area contributed by atoms with Crippen LogP contribution in [0, 0.1) is 13.1 Å². The number of nitrogens with two attached hydrogens (primary N) is 2.